The van der Waals surface area contributed by atoms with E-state index in [0.717, 1.165) is 26.1 Å². The summed E-state index contributed by atoms with van der Waals surface area (Å²) in [5, 5.41) is 0. The molecule has 0 heterocycles. The Kier molecular flexibility index (Phi) is 6.39. The number of hydrogen-bond acceptors (Lipinski definition) is 2. The fourth-order valence-electron chi connectivity index (χ4n) is 1.29. The molecule has 0 aliphatic heterocycles. The van der Waals surface area contributed by atoms with E-state index in [4.69, 9.17) is 9.47 Å². The standard InChI is InChI=1S/C10H22O2/c1-5-8-9-10(4,11-6-2)12-7-3/h5-9H2,1-4H3. The molecule has 0 N–H and O–H groups in total. The molecule has 12 heavy (non-hydrogen) atoms. The Hall–Kier alpha value is -0.0800. The zero-order valence-corrected chi connectivity index (χ0v) is 8.85. The molecule has 0 atom stereocenters. The van der Waals surface area contributed by atoms with Crippen molar-refractivity contribution < 1.29 is 9.47 Å². The van der Waals surface area contributed by atoms with Gasteiger partial charge < -0.3 is 9.47 Å². The van der Waals surface area contributed by atoms with Crippen LogP contribution in [0.15, 0.2) is 0 Å². The molecule has 0 aromatic rings. The van der Waals surface area contributed by atoms with E-state index in [9.17, 15) is 0 Å². The molecule has 0 bridgehead atoms. The van der Waals surface area contributed by atoms with E-state index >= 15 is 0 Å². The van der Waals surface area contributed by atoms with E-state index in [1.807, 2.05) is 20.8 Å². The van der Waals surface area contributed by atoms with Gasteiger partial charge in [0.05, 0.1) is 0 Å². The first-order chi connectivity index (χ1) is 5.68. The van der Waals surface area contributed by atoms with Crippen molar-refractivity contribution in [2.75, 3.05) is 13.2 Å². The van der Waals surface area contributed by atoms with Crippen molar-refractivity contribution in [2.24, 2.45) is 0 Å². The van der Waals surface area contributed by atoms with Crippen LogP contribution in [0.4, 0.5) is 0 Å². The third-order valence-corrected chi connectivity index (χ3v) is 1.88. The Morgan fingerprint density at radius 2 is 1.50 bits per heavy atom. The zero-order valence-electron chi connectivity index (χ0n) is 8.85. The maximum absolute atomic E-state index is 5.55. The minimum atomic E-state index is -0.348. The molecule has 0 fully saturated rings. The molecule has 74 valence electrons. The van der Waals surface area contributed by atoms with Gasteiger partial charge in [-0.05, 0) is 27.2 Å². The molecule has 0 aliphatic carbocycles. The van der Waals surface area contributed by atoms with E-state index < -0.39 is 0 Å². The van der Waals surface area contributed by atoms with Gasteiger partial charge in [-0.3, -0.25) is 0 Å². The van der Waals surface area contributed by atoms with Crippen LogP contribution in [-0.4, -0.2) is 19.0 Å². The summed E-state index contributed by atoms with van der Waals surface area (Å²) in [7, 11) is 0. The van der Waals surface area contributed by atoms with Crippen molar-refractivity contribution in [1.29, 1.82) is 0 Å². The quantitative estimate of drug-likeness (QED) is 0.552. The molecule has 0 rings (SSSR count). The van der Waals surface area contributed by atoms with Crippen LogP contribution in [0, 0.1) is 0 Å². The Morgan fingerprint density at radius 3 is 1.83 bits per heavy atom. The van der Waals surface area contributed by atoms with E-state index in [2.05, 4.69) is 6.92 Å². The highest BCUT2D eigenvalue weighted by molar-refractivity contribution is 4.62. The Morgan fingerprint density at radius 1 is 1.00 bits per heavy atom. The Balaban J connectivity index is 3.80. The topological polar surface area (TPSA) is 18.5 Å². The highest BCUT2D eigenvalue weighted by Crippen LogP contribution is 2.20. The summed E-state index contributed by atoms with van der Waals surface area (Å²) in [5.74, 6) is -0.348. The lowest BCUT2D eigenvalue weighted by atomic mass is 10.1. The van der Waals surface area contributed by atoms with Gasteiger partial charge in [0.1, 0.15) is 0 Å². The van der Waals surface area contributed by atoms with Crippen LogP contribution in [0.2, 0.25) is 0 Å². The lowest BCUT2D eigenvalue weighted by Crippen LogP contribution is -2.32. The third-order valence-electron chi connectivity index (χ3n) is 1.88. The normalized spacial score (nSPS) is 12.0. The van der Waals surface area contributed by atoms with Crippen molar-refractivity contribution in [3.05, 3.63) is 0 Å². The molecule has 2 heteroatoms. The molecule has 0 amide bonds. The summed E-state index contributed by atoms with van der Waals surface area (Å²) in [4.78, 5) is 0. The van der Waals surface area contributed by atoms with Gasteiger partial charge in [-0.25, -0.2) is 0 Å². The van der Waals surface area contributed by atoms with Gasteiger partial charge >= 0.3 is 0 Å². The molecule has 0 aromatic carbocycles. The summed E-state index contributed by atoms with van der Waals surface area (Å²) in [5.41, 5.74) is 0. The van der Waals surface area contributed by atoms with Crippen LogP contribution in [0.3, 0.4) is 0 Å². The maximum Gasteiger partial charge on any atom is 0.165 e. The number of unbranched alkanes of at least 4 members (excludes halogenated alkanes) is 1. The molecular weight excluding hydrogens is 152 g/mol. The second kappa shape index (κ2) is 6.44. The molecular formula is C10H22O2. The van der Waals surface area contributed by atoms with Crippen molar-refractivity contribution in [1.82, 2.24) is 0 Å². The second-order valence-electron chi connectivity index (χ2n) is 3.10. The maximum atomic E-state index is 5.55. The lowest BCUT2D eigenvalue weighted by molar-refractivity contribution is -0.225. The third kappa shape index (κ3) is 4.73. The van der Waals surface area contributed by atoms with E-state index in [1.165, 1.54) is 6.42 Å². The van der Waals surface area contributed by atoms with Crippen LogP contribution in [0.5, 0.6) is 0 Å². The van der Waals surface area contributed by atoms with Gasteiger partial charge in [-0.2, -0.15) is 0 Å². The van der Waals surface area contributed by atoms with Gasteiger partial charge in [0.15, 0.2) is 5.79 Å². The minimum absolute atomic E-state index is 0.348. The highest BCUT2D eigenvalue weighted by Gasteiger charge is 2.23. The molecule has 0 saturated carbocycles. The second-order valence-corrected chi connectivity index (χ2v) is 3.10. The molecule has 0 aromatic heterocycles. The van der Waals surface area contributed by atoms with Gasteiger partial charge in [0.2, 0.25) is 0 Å². The molecule has 0 aliphatic rings. The zero-order chi connectivity index (χ0) is 9.45. The summed E-state index contributed by atoms with van der Waals surface area (Å²) < 4.78 is 11.1. The van der Waals surface area contributed by atoms with Crippen molar-refractivity contribution in [3.8, 4) is 0 Å². The number of hydrogen-bond donors (Lipinski definition) is 0. The van der Waals surface area contributed by atoms with Crippen LogP contribution in [-0.2, 0) is 9.47 Å². The van der Waals surface area contributed by atoms with Crippen LogP contribution in [0.25, 0.3) is 0 Å². The smallest absolute Gasteiger partial charge is 0.165 e. The molecule has 0 saturated heterocycles. The monoisotopic (exact) mass is 174 g/mol. The van der Waals surface area contributed by atoms with Crippen molar-refractivity contribution in [2.45, 2.75) is 52.7 Å². The largest absolute Gasteiger partial charge is 0.351 e. The fraction of sp³-hybridized carbons (Fsp3) is 1.00. The van der Waals surface area contributed by atoms with Crippen LogP contribution >= 0.6 is 0 Å². The summed E-state index contributed by atoms with van der Waals surface area (Å²) in [6, 6.07) is 0. The van der Waals surface area contributed by atoms with E-state index in [1.54, 1.807) is 0 Å². The average Bonchev–Trinajstić information content (AvgIpc) is 2.02. The molecule has 0 unspecified atom stereocenters. The number of ether oxygens (including phenoxy) is 2. The summed E-state index contributed by atoms with van der Waals surface area (Å²) in [6.07, 6.45) is 3.34. The first-order valence-electron chi connectivity index (χ1n) is 4.96. The first kappa shape index (κ1) is 11.9. The average molecular weight is 174 g/mol. The van der Waals surface area contributed by atoms with Gasteiger partial charge in [-0.1, -0.05) is 13.3 Å². The van der Waals surface area contributed by atoms with E-state index in [0.29, 0.717) is 0 Å². The van der Waals surface area contributed by atoms with Gasteiger partial charge in [0.25, 0.3) is 0 Å². The van der Waals surface area contributed by atoms with E-state index in [-0.39, 0.29) is 5.79 Å². The minimum Gasteiger partial charge on any atom is -0.351 e. The fourth-order valence-corrected chi connectivity index (χ4v) is 1.29. The molecule has 0 radical (unpaired) electrons. The lowest BCUT2D eigenvalue weighted by Gasteiger charge is -2.29. The molecule has 2 nitrogen and oxygen atoms in total. The molecule has 0 spiro atoms. The van der Waals surface area contributed by atoms with Crippen molar-refractivity contribution in [3.63, 3.8) is 0 Å². The predicted octanol–water partition coefficient (Wildman–Crippen LogP) is 2.97. The summed E-state index contributed by atoms with van der Waals surface area (Å²) in [6.45, 7) is 9.65. The van der Waals surface area contributed by atoms with Gasteiger partial charge in [-0.15, -0.1) is 0 Å². The Labute approximate surface area is 76.3 Å². The number of rotatable bonds is 7. The summed E-state index contributed by atoms with van der Waals surface area (Å²) >= 11 is 0. The first-order valence-corrected chi connectivity index (χ1v) is 4.96. The highest BCUT2D eigenvalue weighted by atomic mass is 16.7. The van der Waals surface area contributed by atoms with Crippen LogP contribution < -0.4 is 0 Å². The van der Waals surface area contributed by atoms with Crippen LogP contribution in [0.1, 0.15) is 47.0 Å². The van der Waals surface area contributed by atoms with Gasteiger partial charge in [0, 0.05) is 19.6 Å². The predicted molar refractivity (Wildman–Crippen MR) is 51.2 cm³/mol. The SMILES string of the molecule is CCCCC(C)(OCC)OCC. The Bertz CT molecular complexity index is 96.0. The van der Waals surface area contributed by atoms with Crippen molar-refractivity contribution >= 4 is 0 Å².